The number of benzene rings is 1. The van der Waals surface area contributed by atoms with Gasteiger partial charge in [0.05, 0.1) is 12.0 Å². The second kappa shape index (κ2) is 9.99. The third-order valence-corrected chi connectivity index (χ3v) is 5.97. The molecule has 1 aliphatic heterocycles. The lowest BCUT2D eigenvalue weighted by Crippen LogP contribution is -2.36. The molecule has 1 aromatic carbocycles. The van der Waals surface area contributed by atoms with Gasteiger partial charge < -0.3 is 20.6 Å². The van der Waals surface area contributed by atoms with Crippen molar-refractivity contribution in [2.75, 3.05) is 36.8 Å². The highest BCUT2D eigenvalue weighted by atomic mass is 79.9. The Morgan fingerprint density at radius 3 is 2.73 bits per heavy atom. The van der Waals surface area contributed by atoms with Crippen molar-refractivity contribution in [3.05, 3.63) is 76.0 Å². The van der Waals surface area contributed by atoms with Gasteiger partial charge in [-0.2, -0.15) is 0 Å². The van der Waals surface area contributed by atoms with Gasteiger partial charge >= 0.3 is 0 Å². The Hall–Kier alpha value is -3.46. The van der Waals surface area contributed by atoms with Crippen LogP contribution in [0.5, 0.6) is 5.75 Å². The number of carbonyl (C=O) groups excluding carboxylic acids is 2. The summed E-state index contributed by atoms with van der Waals surface area (Å²) in [5.41, 5.74) is 7.27. The van der Waals surface area contributed by atoms with E-state index in [-0.39, 0.29) is 34.0 Å². The first-order chi connectivity index (χ1) is 15.9. The van der Waals surface area contributed by atoms with Crippen molar-refractivity contribution in [1.29, 1.82) is 0 Å². The number of aromatic nitrogens is 2. The Morgan fingerprint density at radius 2 is 1.91 bits per heavy atom. The number of aromatic hydroxyl groups is 1. The molecule has 9 heteroatoms. The van der Waals surface area contributed by atoms with Gasteiger partial charge in [-0.05, 0) is 58.2 Å². The molecular weight excluding hydrogens is 486 g/mol. The van der Waals surface area contributed by atoms with Gasteiger partial charge in [-0.15, -0.1) is 0 Å². The number of ketones is 1. The maximum absolute atomic E-state index is 13.0. The molecule has 1 fully saturated rings. The predicted octanol–water partition coefficient (Wildman–Crippen LogP) is 3.78. The van der Waals surface area contributed by atoms with E-state index in [0.717, 1.165) is 18.5 Å². The number of amides is 1. The normalized spacial score (nSPS) is 14.1. The lowest BCUT2D eigenvalue weighted by atomic mass is 10.1. The molecule has 0 radical (unpaired) electrons. The molecule has 176 valence electrons. The number of pyridine rings is 2. The Bertz CT molecular complexity index is 1200. The molecule has 3 aromatic rings. The van der Waals surface area contributed by atoms with Crippen molar-refractivity contribution in [3.8, 4) is 5.75 Å². The Balaban J connectivity index is 0.00000216. The summed E-state index contributed by atoms with van der Waals surface area (Å²) in [4.78, 5) is 38.3. The minimum absolute atomic E-state index is 0. The molecule has 2 aromatic heterocycles. The van der Waals surface area contributed by atoms with E-state index in [0.29, 0.717) is 41.2 Å². The minimum Gasteiger partial charge on any atom is -0.508 e. The van der Waals surface area contributed by atoms with Crippen LogP contribution in [-0.4, -0.2) is 57.8 Å². The molecule has 8 nitrogen and oxygen atoms in total. The quantitative estimate of drug-likeness (QED) is 0.497. The van der Waals surface area contributed by atoms with Gasteiger partial charge in [0.2, 0.25) is 11.7 Å². The number of nitrogen functional groups attached to an aromatic ring is 1. The zero-order valence-electron chi connectivity index (χ0n) is 17.9. The van der Waals surface area contributed by atoms with Gasteiger partial charge in [0.1, 0.15) is 23.1 Å². The summed E-state index contributed by atoms with van der Waals surface area (Å²) in [6.07, 6.45) is 2.58. The van der Waals surface area contributed by atoms with Gasteiger partial charge in [-0.3, -0.25) is 9.59 Å². The smallest absolute Gasteiger partial charge is 0.227 e. The molecule has 33 heavy (non-hydrogen) atoms. The number of phenols is 1. The minimum atomic E-state index is -0.291. The summed E-state index contributed by atoms with van der Waals surface area (Å²) < 4.78 is 0.666. The number of carbonyl (C=O) groups is 2. The molecule has 0 aliphatic carbocycles. The number of hydrogen-bond acceptors (Lipinski definition) is 7. The van der Waals surface area contributed by atoms with E-state index in [1.807, 2.05) is 17.0 Å². The first-order valence-corrected chi connectivity index (χ1v) is 11.4. The van der Waals surface area contributed by atoms with E-state index < -0.39 is 0 Å². The van der Waals surface area contributed by atoms with Crippen LogP contribution < -0.4 is 10.6 Å². The fourth-order valence-electron chi connectivity index (χ4n) is 3.84. The molecule has 1 aliphatic rings. The maximum atomic E-state index is 13.0. The second-order valence-electron chi connectivity index (χ2n) is 7.86. The maximum Gasteiger partial charge on any atom is 0.227 e. The molecular formula is C24H30BrN5O3. The predicted molar refractivity (Wildman–Crippen MR) is 136 cm³/mol. The molecule has 0 unspecified atom stereocenters. The van der Waals surface area contributed by atoms with E-state index in [1.165, 1.54) is 0 Å². The van der Waals surface area contributed by atoms with Crippen LogP contribution in [0.2, 0.25) is 0 Å². The number of rotatable bonds is 5. The van der Waals surface area contributed by atoms with E-state index in [9.17, 15) is 14.7 Å². The first kappa shape index (κ1) is 22.7. The average Bonchev–Trinajstić information content (AvgIpc) is 3.07. The number of anilines is 2. The lowest BCUT2D eigenvalue weighted by Gasteiger charge is -2.23. The van der Waals surface area contributed by atoms with Crippen LogP contribution in [0.25, 0.3) is 0 Å². The van der Waals surface area contributed by atoms with Crippen molar-refractivity contribution in [2.45, 2.75) is 12.8 Å². The molecule has 0 bridgehead atoms. The van der Waals surface area contributed by atoms with Crippen LogP contribution in [-0.2, 0) is 11.2 Å². The van der Waals surface area contributed by atoms with Crippen LogP contribution in [0, 0.1) is 0 Å². The van der Waals surface area contributed by atoms with Crippen LogP contribution in [0.15, 0.2) is 59.2 Å². The lowest BCUT2D eigenvalue weighted by molar-refractivity contribution is -0.130. The molecule has 4 rings (SSSR count). The van der Waals surface area contributed by atoms with E-state index in [1.54, 1.807) is 42.6 Å². The molecule has 3 N–H and O–H groups in total. The van der Waals surface area contributed by atoms with Gasteiger partial charge in [0, 0.05) is 41.1 Å². The largest absolute Gasteiger partial charge is 0.508 e. The molecule has 3 heterocycles. The zero-order chi connectivity index (χ0) is 23.4. The fourth-order valence-corrected chi connectivity index (χ4v) is 4.18. The fraction of sp³-hybridized carbons (Fsp3) is 0.250. The van der Waals surface area contributed by atoms with Gasteiger partial charge in [0.25, 0.3) is 0 Å². The molecule has 1 saturated heterocycles. The Labute approximate surface area is 204 Å². The molecule has 0 spiro atoms. The third kappa shape index (κ3) is 5.48. The highest BCUT2D eigenvalue weighted by Crippen LogP contribution is 2.21. The van der Waals surface area contributed by atoms with Crippen molar-refractivity contribution in [3.63, 3.8) is 0 Å². The Kier molecular flexibility index (Phi) is 6.88. The average molecular weight is 516 g/mol. The summed E-state index contributed by atoms with van der Waals surface area (Å²) in [5.74, 6) is 0.733. The summed E-state index contributed by atoms with van der Waals surface area (Å²) in [6.45, 7) is 2.53. The van der Waals surface area contributed by atoms with Gasteiger partial charge in [-0.1, -0.05) is 18.2 Å². The first-order valence-electron chi connectivity index (χ1n) is 10.6. The Morgan fingerprint density at radius 1 is 1.09 bits per heavy atom. The molecule has 0 atom stereocenters. The topological polar surface area (TPSA) is 113 Å². The monoisotopic (exact) mass is 515 g/mol. The highest BCUT2D eigenvalue weighted by Gasteiger charge is 2.22. The van der Waals surface area contributed by atoms with Crippen LogP contribution in [0.4, 0.5) is 11.6 Å². The number of nitrogens with two attached hydrogens (primary N) is 1. The molecule has 0 saturated carbocycles. The SMILES string of the molecule is Nc1ncc(Br)cc1C(=O)c1cccc(N2CCCN(C(=O)Cc3cccc(O)c3)CC2)n1.[HH].[HH].[HH]. The van der Waals surface area contributed by atoms with Crippen LogP contribution in [0.3, 0.4) is 0 Å². The van der Waals surface area contributed by atoms with Crippen molar-refractivity contribution < 1.29 is 19.0 Å². The van der Waals surface area contributed by atoms with E-state index >= 15 is 0 Å². The van der Waals surface area contributed by atoms with Crippen molar-refractivity contribution in [2.24, 2.45) is 0 Å². The molecule has 1 amide bonds. The number of nitrogens with zero attached hydrogens (tertiary/aromatic N) is 4. The van der Waals surface area contributed by atoms with Gasteiger partial charge in [0.15, 0.2) is 0 Å². The van der Waals surface area contributed by atoms with E-state index in [4.69, 9.17) is 5.73 Å². The van der Waals surface area contributed by atoms with Crippen molar-refractivity contribution in [1.82, 2.24) is 14.9 Å². The standard InChI is InChI=1S/C24H24BrN5O3.3H2/c25-17-14-19(24(26)27-15-17)23(33)20-6-2-7-21(28-20)29-8-3-9-30(11-10-29)22(32)13-16-4-1-5-18(31)12-16;;;/h1-2,4-7,12,14-15,31H,3,8-11,13H2,(H2,26,27);3*1H. The summed E-state index contributed by atoms with van der Waals surface area (Å²) in [7, 11) is 0. The van der Waals surface area contributed by atoms with Crippen LogP contribution >= 0.6 is 15.9 Å². The summed E-state index contributed by atoms with van der Waals surface area (Å²) in [6, 6.07) is 13.7. The van der Waals surface area contributed by atoms with E-state index in [2.05, 4.69) is 30.8 Å². The van der Waals surface area contributed by atoms with Crippen molar-refractivity contribution >= 4 is 39.3 Å². The number of phenolic OH excluding ortho intramolecular Hbond substituents is 1. The summed E-state index contributed by atoms with van der Waals surface area (Å²) >= 11 is 3.32. The van der Waals surface area contributed by atoms with Crippen LogP contribution in [0.1, 0.15) is 32.3 Å². The number of halogens is 1. The highest BCUT2D eigenvalue weighted by molar-refractivity contribution is 9.10. The van der Waals surface area contributed by atoms with Gasteiger partial charge in [-0.25, -0.2) is 9.97 Å². The summed E-state index contributed by atoms with van der Waals surface area (Å²) in [5, 5.41) is 9.63. The second-order valence-corrected chi connectivity index (χ2v) is 8.78. The number of hydrogen-bond donors (Lipinski definition) is 2. The third-order valence-electron chi connectivity index (χ3n) is 5.54. The zero-order valence-corrected chi connectivity index (χ0v) is 19.5.